The molecule has 0 spiro atoms. The van der Waals surface area contributed by atoms with Crippen molar-refractivity contribution >= 4 is 9.84 Å². The van der Waals surface area contributed by atoms with Crippen molar-refractivity contribution in [2.45, 2.75) is 38.8 Å². The van der Waals surface area contributed by atoms with Crippen LogP contribution in [0.2, 0.25) is 0 Å². The van der Waals surface area contributed by atoms with E-state index in [0.717, 1.165) is 12.8 Å². The monoisotopic (exact) mass is 267 g/mol. The summed E-state index contributed by atoms with van der Waals surface area (Å²) >= 11 is 0. The van der Waals surface area contributed by atoms with Crippen LogP contribution in [0.1, 0.15) is 36.9 Å². The van der Waals surface area contributed by atoms with Gasteiger partial charge in [0.15, 0.2) is 9.84 Å². The van der Waals surface area contributed by atoms with Crippen LogP contribution in [0, 0.1) is 6.92 Å². The van der Waals surface area contributed by atoms with Crippen molar-refractivity contribution in [2.24, 2.45) is 0 Å². The van der Waals surface area contributed by atoms with Crippen molar-refractivity contribution < 1.29 is 8.42 Å². The second-order valence-electron chi connectivity index (χ2n) is 5.20. The van der Waals surface area contributed by atoms with Crippen LogP contribution in [0.5, 0.6) is 0 Å². The average Bonchev–Trinajstić information content (AvgIpc) is 2.28. The van der Waals surface area contributed by atoms with Gasteiger partial charge in [0.1, 0.15) is 0 Å². The molecule has 100 valence electrons. The summed E-state index contributed by atoms with van der Waals surface area (Å²) in [5, 5.41) is 3.45. The molecule has 1 saturated heterocycles. The Morgan fingerprint density at radius 1 is 1.33 bits per heavy atom. The SMILES string of the molecule is Cc1ccccc1[C@@H](C)NC1CCCS(=O)(=O)C1. The first kappa shape index (κ1) is 13.6. The Balaban J connectivity index is 2.04. The lowest BCUT2D eigenvalue weighted by Crippen LogP contribution is -2.41. The zero-order chi connectivity index (χ0) is 13.2. The molecule has 1 aliphatic rings. The van der Waals surface area contributed by atoms with Crippen molar-refractivity contribution in [2.75, 3.05) is 11.5 Å². The van der Waals surface area contributed by atoms with Gasteiger partial charge in [-0.15, -0.1) is 0 Å². The number of sulfone groups is 1. The van der Waals surface area contributed by atoms with Gasteiger partial charge in [-0.1, -0.05) is 24.3 Å². The standard InChI is InChI=1S/C14H21NO2S/c1-11-6-3-4-8-14(11)12(2)15-13-7-5-9-18(16,17)10-13/h3-4,6,8,12-13,15H,5,7,9-10H2,1-2H3/t12-,13?/m1/s1. The number of nitrogens with one attached hydrogen (secondary N) is 1. The molecule has 0 radical (unpaired) electrons. The minimum atomic E-state index is -2.83. The van der Waals surface area contributed by atoms with E-state index in [1.54, 1.807) is 0 Å². The Kier molecular flexibility index (Phi) is 4.07. The summed E-state index contributed by atoms with van der Waals surface area (Å²) in [6.07, 6.45) is 1.73. The van der Waals surface area contributed by atoms with Gasteiger partial charge in [-0.05, 0) is 37.8 Å². The van der Waals surface area contributed by atoms with Gasteiger partial charge in [0.25, 0.3) is 0 Å². The molecule has 1 fully saturated rings. The fraction of sp³-hybridized carbons (Fsp3) is 0.571. The second kappa shape index (κ2) is 5.41. The first-order valence-electron chi connectivity index (χ1n) is 6.50. The van der Waals surface area contributed by atoms with Crippen LogP contribution >= 0.6 is 0 Å². The summed E-state index contributed by atoms with van der Waals surface area (Å²) < 4.78 is 23.2. The van der Waals surface area contributed by atoms with Gasteiger partial charge in [-0.2, -0.15) is 0 Å². The van der Waals surface area contributed by atoms with Gasteiger partial charge in [-0.3, -0.25) is 0 Å². The Morgan fingerprint density at radius 3 is 2.72 bits per heavy atom. The minimum absolute atomic E-state index is 0.0957. The largest absolute Gasteiger partial charge is 0.306 e. The van der Waals surface area contributed by atoms with Crippen molar-refractivity contribution in [1.82, 2.24) is 5.32 Å². The zero-order valence-corrected chi connectivity index (χ0v) is 11.8. The molecule has 0 amide bonds. The molecule has 0 saturated carbocycles. The fourth-order valence-corrected chi connectivity index (χ4v) is 4.32. The maximum absolute atomic E-state index is 11.6. The van der Waals surface area contributed by atoms with Crippen LogP contribution in [-0.4, -0.2) is 26.0 Å². The topological polar surface area (TPSA) is 46.2 Å². The van der Waals surface area contributed by atoms with Gasteiger partial charge in [0, 0.05) is 12.1 Å². The Bertz CT molecular complexity index is 510. The zero-order valence-electron chi connectivity index (χ0n) is 11.0. The molecule has 1 heterocycles. The van der Waals surface area contributed by atoms with Gasteiger partial charge in [0.05, 0.1) is 11.5 Å². The molecular weight excluding hydrogens is 246 g/mol. The highest BCUT2D eigenvalue weighted by molar-refractivity contribution is 7.91. The lowest BCUT2D eigenvalue weighted by Gasteiger charge is -2.27. The Labute approximate surface area is 110 Å². The summed E-state index contributed by atoms with van der Waals surface area (Å²) in [5.74, 6) is 0.632. The fourth-order valence-electron chi connectivity index (χ4n) is 2.67. The van der Waals surface area contributed by atoms with E-state index in [9.17, 15) is 8.42 Å². The van der Waals surface area contributed by atoms with Crippen LogP contribution in [0.3, 0.4) is 0 Å². The van der Waals surface area contributed by atoms with Crippen LogP contribution in [-0.2, 0) is 9.84 Å². The quantitative estimate of drug-likeness (QED) is 0.913. The third-order valence-electron chi connectivity index (χ3n) is 3.60. The van der Waals surface area contributed by atoms with Gasteiger partial charge >= 0.3 is 0 Å². The molecule has 1 aromatic carbocycles. The highest BCUT2D eigenvalue weighted by Crippen LogP contribution is 2.20. The third-order valence-corrected chi connectivity index (χ3v) is 5.42. The maximum Gasteiger partial charge on any atom is 0.151 e. The molecular formula is C14H21NO2S. The summed E-state index contributed by atoms with van der Waals surface area (Å²) in [7, 11) is -2.83. The highest BCUT2D eigenvalue weighted by atomic mass is 32.2. The average molecular weight is 267 g/mol. The maximum atomic E-state index is 11.6. The molecule has 1 N–H and O–H groups in total. The van der Waals surface area contributed by atoms with E-state index in [4.69, 9.17) is 0 Å². The summed E-state index contributed by atoms with van der Waals surface area (Å²) in [5.41, 5.74) is 2.50. The lowest BCUT2D eigenvalue weighted by atomic mass is 10.0. The molecule has 0 bridgehead atoms. The molecule has 1 unspecified atom stereocenters. The lowest BCUT2D eigenvalue weighted by molar-refractivity contribution is 0.436. The number of hydrogen-bond acceptors (Lipinski definition) is 3. The number of aryl methyl sites for hydroxylation is 1. The van der Waals surface area contributed by atoms with E-state index >= 15 is 0 Å². The number of rotatable bonds is 3. The van der Waals surface area contributed by atoms with Crippen LogP contribution in [0.4, 0.5) is 0 Å². The molecule has 3 nitrogen and oxygen atoms in total. The Morgan fingerprint density at radius 2 is 2.06 bits per heavy atom. The third kappa shape index (κ3) is 3.33. The number of hydrogen-bond donors (Lipinski definition) is 1. The van der Waals surface area contributed by atoms with Crippen molar-refractivity contribution in [1.29, 1.82) is 0 Å². The highest BCUT2D eigenvalue weighted by Gasteiger charge is 2.25. The van der Waals surface area contributed by atoms with Crippen molar-refractivity contribution in [3.63, 3.8) is 0 Å². The van der Waals surface area contributed by atoms with E-state index in [1.165, 1.54) is 11.1 Å². The first-order valence-corrected chi connectivity index (χ1v) is 8.32. The molecule has 1 aromatic rings. The minimum Gasteiger partial charge on any atom is -0.306 e. The number of benzene rings is 1. The molecule has 2 rings (SSSR count). The summed E-state index contributed by atoms with van der Waals surface area (Å²) in [4.78, 5) is 0. The molecule has 0 aromatic heterocycles. The van der Waals surface area contributed by atoms with Crippen LogP contribution in [0.15, 0.2) is 24.3 Å². The summed E-state index contributed by atoms with van der Waals surface area (Å²) in [6.45, 7) is 4.19. The predicted molar refractivity (Wildman–Crippen MR) is 74.4 cm³/mol. The van der Waals surface area contributed by atoms with E-state index in [1.807, 2.05) is 12.1 Å². The normalized spacial score (nSPS) is 24.7. The molecule has 18 heavy (non-hydrogen) atoms. The predicted octanol–water partition coefficient (Wildman–Crippen LogP) is 2.22. The Hall–Kier alpha value is -0.870. The van der Waals surface area contributed by atoms with Crippen LogP contribution < -0.4 is 5.32 Å². The van der Waals surface area contributed by atoms with Crippen molar-refractivity contribution in [3.05, 3.63) is 35.4 Å². The van der Waals surface area contributed by atoms with E-state index < -0.39 is 9.84 Å². The smallest absolute Gasteiger partial charge is 0.151 e. The summed E-state index contributed by atoms with van der Waals surface area (Å²) in [6, 6.07) is 8.53. The molecule has 2 atom stereocenters. The first-order chi connectivity index (χ1) is 8.48. The van der Waals surface area contributed by atoms with Gasteiger partial charge < -0.3 is 5.32 Å². The van der Waals surface area contributed by atoms with Crippen LogP contribution in [0.25, 0.3) is 0 Å². The van der Waals surface area contributed by atoms with E-state index in [2.05, 4.69) is 31.3 Å². The molecule has 1 aliphatic heterocycles. The molecule has 0 aliphatic carbocycles. The van der Waals surface area contributed by atoms with E-state index in [-0.39, 0.29) is 17.8 Å². The van der Waals surface area contributed by atoms with Crippen molar-refractivity contribution in [3.8, 4) is 0 Å². The van der Waals surface area contributed by atoms with Gasteiger partial charge in [-0.25, -0.2) is 8.42 Å². The second-order valence-corrected chi connectivity index (χ2v) is 7.43. The van der Waals surface area contributed by atoms with E-state index in [0.29, 0.717) is 5.75 Å². The molecule has 4 heteroatoms. The van der Waals surface area contributed by atoms with Gasteiger partial charge in [0.2, 0.25) is 0 Å².